The quantitative estimate of drug-likeness (QED) is 0.919. The summed E-state index contributed by atoms with van der Waals surface area (Å²) in [6.45, 7) is 2.38. The van der Waals surface area contributed by atoms with E-state index in [1.165, 1.54) is 5.56 Å². The van der Waals surface area contributed by atoms with Gasteiger partial charge in [-0.05, 0) is 55.3 Å². The number of hydrogen-bond acceptors (Lipinski definition) is 4. The van der Waals surface area contributed by atoms with Gasteiger partial charge in [0.05, 0.1) is 19.8 Å². The molecule has 26 heavy (non-hydrogen) atoms. The molecular formula is C21H24N2O3. The molecule has 0 unspecified atom stereocenters. The first-order valence-electron chi connectivity index (χ1n) is 9.02. The summed E-state index contributed by atoms with van der Waals surface area (Å²) in [5.41, 5.74) is 2.79. The van der Waals surface area contributed by atoms with Crippen molar-refractivity contribution < 1.29 is 14.3 Å². The van der Waals surface area contributed by atoms with Gasteiger partial charge in [0.1, 0.15) is 11.5 Å². The second kappa shape index (κ2) is 6.65. The Balaban J connectivity index is 1.75. The van der Waals surface area contributed by atoms with Crippen molar-refractivity contribution in [1.29, 1.82) is 0 Å². The Kier molecular flexibility index (Phi) is 4.32. The molecule has 0 atom stereocenters. The lowest BCUT2D eigenvalue weighted by Crippen LogP contribution is -2.49. The van der Waals surface area contributed by atoms with Crippen LogP contribution in [0.5, 0.6) is 11.5 Å². The second-order valence-electron chi connectivity index (χ2n) is 6.94. The SMILES string of the molecule is COc1cc(CN2C(=O)c3ccccc3C23CCNCC3)cc(OC)c1. The van der Waals surface area contributed by atoms with Gasteiger partial charge in [0.15, 0.2) is 0 Å². The zero-order valence-corrected chi connectivity index (χ0v) is 15.2. The molecule has 136 valence electrons. The highest BCUT2D eigenvalue weighted by Gasteiger charge is 2.49. The predicted molar refractivity (Wildman–Crippen MR) is 99.6 cm³/mol. The summed E-state index contributed by atoms with van der Waals surface area (Å²) >= 11 is 0. The molecule has 2 aromatic rings. The van der Waals surface area contributed by atoms with Crippen LogP contribution >= 0.6 is 0 Å². The molecule has 2 aliphatic rings. The van der Waals surface area contributed by atoms with Gasteiger partial charge in [-0.15, -0.1) is 0 Å². The van der Waals surface area contributed by atoms with Crippen molar-refractivity contribution in [3.05, 3.63) is 59.2 Å². The number of hydrogen-bond donors (Lipinski definition) is 1. The van der Waals surface area contributed by atoms with Crippen LogP contribution in [0.1, 0.15) is 34.3 Å². The van der Waals surface area contributed by atoms with Gasteiger partial charge in [0.25, 0.3) is 5.91 Å². The lowest BCUT2D eigenvalue weighted by molar-refractivity contribution is 0.0412. The molecule has 4 rings (SSSR count). The van der Waals surface area contributed by atoms with Gasteiger partial charge in [-0.25, -0.2) is 0 Å². The predicted octanol–water partition coefficient (Wildman–Crippen LogP) is 2.94. The van der Waals surface area contributed by atoms with Crippen molar-refractivity contribution in [2.75, 3.05) is 27.3 Å². The third-order valence-electron chi connectivity index (χ3n) is 5.60. The molecule has 5 heteroatoms. The molecule has 2 aliphatic heterocycles. The highest BCUT2D eigenvalue weighted by molar-refractivity contribution is 6.00. The number of benzene rings is 2. The number of piperidine rings is 1. The van der Waals surface area contributed by atoms with Gasteiger partial charge >= 0.3 is 0 Å². The number of rotatable bonds is 4. The molecular weight excluding hydrogens is 328 g/mol. The fourth-order valence-electron chi connectivity index (χ4n) is 4.30. The van der Waals surface area contributed by atoms with E-state index >= 15 is 0 Å². The van der Waals surface area contributed by atoms with Crippen LogP contribution in [0.4, 0.5) is 0 Å². The lowest BCUT2D eigenvalue weighted by Gasteiger charge is -2.42. The maximum Gasteiger partial charge on any atom is 0.255 e. The Labute approximate surface area is 153 Å². The van der Waals surface area contributed by atoms with E-state index in [0.717, 1.165) is 48.6 Å². The highest BCUT2D eigenvalue weighted by atomic mass is 16.5. The maximum absolute atomic E-state index is 13.2. The van der Waals surface area contributed by atoms with E-state index in [-0.39, 0.29) is 11.4 Å². The molecule has 0 radical (unpaired) electrons. The van der Waals surface area contributed by atoms with E-state index in [9.17, 15) is 4.79 Å². The summed E-state index contributed by atoms with van der Waals surface area (Å²) in [5, 5.41) is 3.42. The Hall–Kier alpha value is -2.53. The van der Waals surface area contributed by atoms with Crippen LogP contribution in [0.25, 0.3) is 0 Å². The molecule has 2 aromatic carbocycles. The van der Waals surface area contributed by atoms with Gasteiger partial charge in [-0.2, -0.15) is 0 Å². The lowest BCUT2D eigenvalue weighted by atomic mass is 9.81. The number of carbonyl (C=O) groups excluding carboxylic acids is 1. The van der Waals surface area contributed by atoms with Crippen LogP contribution < -0.4 is 14.8 Å². The zero-order chi connectivity index (χ0) is 18.1. The van der Waals surface area contributed by atoms with Crippen molar-refractivity contribution in [2.45, 2.75) is 24.9 Å². The second-order valence-corrected chi connectivity index (χ2v) is 6.94. The van der Waals surface area contributed by atoms with Crippen LogP contribution in [0.2, 0.25) is 0 Å². The number of carbonyl (C=O) groups is 1. The summed E-state index contributed by atoms with van der Waals surface area (Å²) in [5.74, 6) is 1.59. The van der Waals surface area contributed by atoms with Gasteiger partial charge in [-0.1, -0.05) is 18.2 Å². The molecule has 0 bridgehead atoms. The molecule has 5 nitrogen and oxygen atoms in total. The molecule has 1 amide bonds. The van der Waals surface area contributed by atoms with Crippen molar-refractivity contribution in [3.63, 3.8) is 0 Å². The van der Waals surface area contributed by atoms with E-state index in [0.29, 0.717) is 6.54 Å². The number of nitrogens with one attached hydrogen (secondary N) is 1. The molecule has 0 saturated carbocycles. The van der Waals surface area contributed by atoms with Crippen LogP contribution in [0, 0.1) is 0 Å². The third-order valence-corrected chi connectivity index (χ3v) is 5.60. The Morgan fingerprint density at radius 1 is 1.04 bits per heavy atom. The molecule has 1 spiro atoms. The molecule has 2 heterocycles. The average Bonchev–Trinajstić information content (AvgIpc) is 2.91. The van der Waals surface area contributed by atoms with E-state index < -0.39 is 0 Å². The fourth-order valence-corrected chi connectivity index (χ4v) is 4.30. The first-order valence-corrected chi connectivity index (χ1v) is 9.02. The fraction of sp³-hybridized carbons (Fsp3) is 0.381. The molecule has 1 fully saturated rings. The first kappa shape index (κ1) is 16.9. The minimum atomic E-state index is -0.227. The zero-order valence-electron chi connectivity index (χ0n) is 15.2. The summed E-state index contributed by atoms with van der Waals surface area (Å²) in [7, 11) is 3.29. The minimum Gasteiger partial charge on any atom is -0.497 e. The summed E-state index contributed by atoms with van der Waals surface area (Å²) < 4.78 is 10.8. The van der Waals surface area contributed by atoms with Gasteiger partial charge in [0.2, 0.25) is 0 Å². The molecule has 0 aliphatic carbocycles. The monoisotopic (exact) mass is 352 g/mol. The largest absolute Gasteiger partial charge is 0.497 e. The Morgan fingerprint density at radius 3 is 2.35 bits per heavy atom. The van der Waals surface area contributed by atoms with Gasteiger partial charge in [0, 0.05) is 18.2 Å². The molecule has 1 N–H and O–H groups in total. The van der Waals surface area contributed by atoms with E-state index in [1.807, 2.05) is 41.3 Å². The first-order chi connectivity index (χ1) is 12.7. The van der Waals surface area contributed by atoms with Crippen LogP contribution in [0.15, 0.2) is 42.5 Å². The number of methoxy groups -OCH3 is 2. The third kappa shape index (κ3) is 2.63. The summed E-state index contributed by atoms with van der Waals surface area (Å²) in [6, 6.07) is 13.9. The minimum absolute atomic E-state index is 0.115. The van der Waals surface area contributed by atoms with E-state index in [4.69, 9.17) is 9.47 Å². The van der Waals surface area contributed by atoms with E-state index in [1.54, 1.807) is 14.2 Å². The number of nitrogens with zero attached hydrogens (tertiary/aromatic N) is 1. The van der Waals surface area contributed by atoms with Crippen LogP contribution in [-0.4, -0.2) is 38.1 Å². The van der Waals surface area contributed by atoms with Crippen molar-refractivity contribution >= 4 is 5.91 Å². The van der Waals surface area contributed by atoms with Gasteiger partial charge < -0.3 is 19.7 Å². The van der Waals surface area contributed by atoms with Crippen molar-refractivity contribution in [2.24, 2.45) is 0 Å². The Morgan fingerprint density at radius 2 is 1.69 bits per heavy atom. The highest BCUT2D eigenvalue weighted by Crippen LogP contribution is 2.46. The van der Waals surface area contributed by atoms with Crippen LogP contribution in [0.3, 0.4) is 0 Å². The standard InChI is InChI=1S/C21H24N2O3/c1-25-16-11-15(12-17(13-16)26-2)14-23-20(24)18-5-3-4-6-19(18)21(23)7-9-22-10-8-21/h3-6,11-13,22H,7-10,14H2,1-2H3. The summed E-state index contributed by atoms with van der Waals surface area (Å²) in [6.07, 6.45) is 1.85. The number of ether oxygens (including phenoxy) is 2. The van der Waals surface area contributed by atoms with Gasteiger partial charge in [-0.3, -0.25) is 4.79 Å². The maximum atomic E-state index is 13.2. The molecule has 1 saturated heterocycles. The summed E-state index contributed by atoms with van der Waals surface area (Å²) in [4.78, 5) is 15.3. The topological polar surface area (TPSA) is 50.8 Å². The van der Waals surface area contributed by atoms with E-state index in [2.05, 4.69) is 11.4 Å². The van der Waals surface area contributed by atoms with Crippen molar-refractivity contribution in [1.82, 2.24) is 10.2 Å². The normalized spacial score (nSPS) is 18.1. The smallest absolute Gasteiger partial charge is 0.255 e. The van der Waals surface area contributed by atoms with Crippen molar-refractivity contribution in [3.8, 4) is 11.5 Å². The average molecular weight is 352 g/mol. The Bertz CT molecular complexity index is 806. The number of amides is 1. The molecule has 0 aromatic heterocycles. The number of fused-ring (bicyclic) bond motifs is 2. The van der Waals surface area contributed by atoms with Crippen LogP contribution in [-0.2, 0) is 12.1 Å².